The lowest BCUT2D eigenvalue weighted by atomic mass is 10.0. The Balaban J connectivity index is 2.32. The van der Waals surface area contributed by atoms with Gasteiger partial charge in [0.05, 0.1) is 16.8 Å². The first-order valence-corrected chi connectivity index (χ1v) is 6.29. The highest BCUT2D eigenvalue weighted by atomic mass is 32.1. The van der Waals surface area contributed by atoms with Gasteiger partial charge < -0.3 is 5.32 Å². The van der Waals surface area contributed by atoms with Crippen molar-refractivity contribution in [1.82, 2.24) is 4.98 Å². The van der Waals surface area contributed by atoms with Gasteiger partial charge in [0.2, 0.25) is 0 Å². The monoisotopic (exact) mass is 261 g/mol. The van der Waals surface area contributed by atoms with Crippen LogP contribution in [0, 0.1) is 17.1 Å². The third-order valence-corrected chi connectivity index (χ3v) is 3.61. The van der Waals surface area contributed by atoms with Gasteiger partial charge in [-0.05, 0) is 32.0 Å². The number of nitrogens with one attached hydrogen (secondary N) is 1. The van der Waals surface area contributed by atoms with Gasteiger partial charge in [-0.3, -0.25) is 0 Å². The molecule has 1 N–H and O–H groups in total. The van der Waals surface area contributed by atoms with Crippen LogP contribution in [0.25, 0.3) is 0 Å². The minimum atomic E-state index is -0.413. The molecule has 0 aliphatic rings. The summed E-state index contributed by atoms with van der Waals surface area (Å²) in [7, 11) is 0. The molecule has 3 nitrogen and oxygen atoms in total. The van der Waals surface area contributed by atoms with E-state index in [0.717, 1.165) is 5.01 Å². The van der Waals surface area contributed by atoms with Gasteiger partial charge in [0.25, 0.3) is 0 Å². The maximum absolute atomic E-state index is 13.1. The highest BCUT2D eigenvalue weighted by Gasteiger charge is 2.24. The van der Waals surface area contributed by atoms with Crippen molar-refractivity contribution in [2.45, 2.75) is 19.4 Å². The van der Waals surface area contributed by atoms with Crippen molar-refractivity contribution in [3.63, 3.8) is 0 Å². The molecule has 0 unspecified atom stereocenters. The van der Waals surface area contributed by atoms with E-state index < -0.39 is 11.4 Å². The number of rotatable bonds is 3. The number of hydrogen-bond acceptors (Lipinski definition) is 4. The molecule has 0 aliphatic carbocycles. The molecule has 1 aromatic heterocycles. The Labute approximate surface area is 109 Å². The average molecular weight is 261 g/mol. The lowest BCUT2D eigenvalue weighted by Gasteiger charge is -2.25. The Morgan fingerprint density at radius 1 is 1.44 bits per heavy atom. The van der Waals surface area contributed by atoms with Crippen molar-refractivity contribution in [2.24, 2.45) is 0 Å². The number of hydrogen-bond donors (Lipinski definition) is 1. The van der Waals surface area contributed by atoms with E-state index in [1.807, 2.05) is 25.3 Å². The summed E-state index contributed by atoms with van der Waals surface area (Å²) in [5, 5.41) is 15.0. The summed E-state index contributed by atoms with van der Waals surface area (Å²) in [5.74, 6) is -0.413. The first-order valence-electron chi connectivity index (χ1n) is 5.41. The molecule has 0 aliphatic heterocycles. The fourth-order valence-corrected chi connectivity index (χ4v) is 2.36. The molecule has 0 radical (unpaired) electrons. The van der Waals surface area contributed by atoms with Crippen molar-refractivity contribution in [1.29, 1.82) is 5.26 Å². The highest BCUT2D eigenvalue weighted by molar-refractivity contribution is 7.09. The number of nitriles is 1. The average Bonchev–Trinajstić information content (AvgIpc) is 2.85. The van der Waals surface area contributed by atoms with Crippen LogP contribution in [0.4, 0.5) is 10.1 Å². The molecule has 0 atom stereocenters. The van der Waals surface area contributed by atoms with E-state index in [1.54, 1.807) is 12.3 Å². The molecule has 0 bridgehead atoms. The molecule has 1 heterocycles. The molecule has 0 amide bonds. The Kier molecular flexibility index (Phi) is 3.30. The van der Waals surface area contributed by atoms with Gasteiger partial charge in [-0.25, -0.2) is 9.37 Å². The van der Waals surface area contributed by atoms with Gasteiger partial charge in [-0.1, -0.05) is 0 Å². The van der Waals surface area contributed by atoms with Crippen molar-refractivity contribution >= 4 is 17.0 Å². The summed E-state index contributed by atoms with van der Waals surface area (Å²) in [5.41, 5.74) is 0.496. The van der Waals surface area contributed by atoms with Gasteiger partial charge >= 0.3 is 0 Å². The second-order valence-corrected chi connectivity index (χ2v) is 5.28. The number of halogens is 1. The predicted molar refractivity (Wildman–Crippen MR) is 69.9 cm³/mol. The molecule has 0 spiro atoms. The largest absolute Gasteiger partial charge is 0.373 e. The molecule has 0 fully saturated rings. The van der Waals surface area contributed by atoms with Crippen LogP contribution in [0.2, 0.25) is 0 Å². The number of nitrogens with zero attached hydrogens (tertiary/aromatic N) is 2. The maximum Gasteiger partial charge on any atom is 0.124 e. The van der Waals surface area contributed by atoms with E-state index in [9.17, 15) is 4.39 Å². The normalized spacial score (nSPS) is 11.0. The third kappa shape index (κ3) is 2.49. The van der Waals surface area contributed by atoms with E-state index >= 15 is 0 Å². The van der Waals surface area contributed by atoms with E-state index in [1.165, 1.54) is 23.5 Å². The molecule has 18 heavy (non-hydrogen) atoms. The Morgan fingerprint density at radius 2 is 2.22 bits per heavy atom. The second-order valence-electron chi connectivity index (χ2n) is 4.39. The van der Waals surface area contributed by atoms with Crippen LogP contribution in [0.3, 0.4) is 0 Å². The smallest absolute Gasteiger partial charge is 0.124 e. The number of benzene rings is 1. The second kappa shape index (κ2) is 4.75. The van der Waals surface area contributed by atoms with Crippen LogP contribution in [-0.2, 0) is 5.54 Å². The molecule has 0 saturated carbocycles. The minimum absolute atomic E-state index is 0.291. The summed E-state index contributed by atoms with van der Waals surface area (Å²) in [6, 6.07) is 6.11. The first-order chi connectivity index (χ1) is 8.53. The number of anilines is 1. The van der Waals surface area contributed by atoms with Crippen molar-refractivity contribution in [3.8, 4) is 6.07 Å². The van der Waals surface area contributed by atoms with E-state index in [2.05, 4.69) is 10.3 Å². The van der Waals surface area contributed by atoms with E-state index in [4.69, 9.17) is 5.26 Å². The summed E-state index contributed by atoms with van der Waals surface area (Å²) in [6.45, 7) is 3.94. The highest BCUT2D eigenvalue weighted by Crippen LogP contribution is 2.28. The molecule has 92 valence electrons. The van der Waals surface area contributed by atoms with Crippen molar-refractivity contribution < 1.29 is 4.39 Å². The Bertz CT molecular complexity index is 585. The fraction of sp³-hybridized carbons (Fsp3) is 0.231. The summed E-state index contributed by atoms with van der Waals surface area (Å²) in [6.07, 6.45) is 1.74. The summed E-state index contributed by atoms with van der Waals surface area (Å²) >= 11 is 1.54. The predicted octanol–water partition coefficient (Wildman–Crippen LogP) is 3.50. The lowest BCUT2D eigenvalue weighted by Crippen LogP contribution is -2.28. The molecule has 0 saturated heterocycles. The van der Waals surface area contributed by atoms with Crippen LogP contribution in [-0.4, -0.2) is 4.98 Å². The van der Waals surface area contributed by atoms with E-state index in [-0.39, 0.29) is 0 Å². The zero-order valence-electron chi connectivity index (χ0n) is 10.1. The Hall–Kier alpha value is -1.93. The first kappa shape index (κ1) is 12.5. The quantitative estimate of drug-likeness (QED) is 0.919. The Morgan fingerprint density at radius 3 is 2.83 bits per heavy atom. The van der Waals surface area contributed by atoms with Crippen LogP contribution < -0.4 is 5.32 Å². The summed E-state index contributed by atoms with van der Waals surface area (Å²) < 4.78 is 13.1. The fourth-order valence-electron chi connectivity index (χ4n) is 1.64. The zero-order valence-corrected chi connectivity index (χ0v) is 10.9. The molecular formula is C13H12FN3S. The third-order valence-electron chi connectivity index (χ3n) is 2.52. The molecular weight excluding hydrogens is 249 g/mol. The summed E-state index contributed by atoms with van der Waals surface area (Å²) in [4.78, 5) is 4.26. The van der Waals surface area contributed by atoms with Gasteiger partial charge in [-0.2, -0.15) is 5.26 Å². The molecule has 2 aromatic rings. The molecule has 1 aromatic carbocycles. The lowest BCUT2D eigenvalue weighted by molar-refractivity contribution is 0.601. The SMILES string of the molecule is CC(C)(Nc1ccc(F)cc1C#N)c1nccs1. The van der Waals surface area contributed by atoms with Gasteiger partial charge in [0.15, 0.2) is 0 Å². The van der Waals surface area contributed by atoms with Gasteiger partial charge in [0.1, 0.15) is 16.9 Å². The number of aromatic nitrogens is 1. The van der Waals surface area contributed by atoms with Gasteiger partial charge in [0, 0.05) is 11.6 Å². The van der Waals surface area contributed by atoms with E-state index in [0.29, 0.717) is 11.3 Å². The zero-order chi connectivity index (χ0) is 13.2. The topological polar surface area (TPSA) is 48.7 Å². The van der Waals surface area contributed by atoms with Crippen LogP contribution in [0.15, 0.2) is 29.8 Å². The van der Waals surface area contributed by atoms with Crippen molar-refractivity contribution in [2.75, 3.05) is 5.32 Å². The van der Waals surface area contributed by atoms with Crippen molar-refractivity contribution in [3.05, 3.63) is 46.2 Å². The van der Waals surface area contributed by atoms with Crippen LogP contribution in [0.5, 0.6) is 0 Å². The van der Waals surface area contributed by atoms with Crippen LogP contribution >= 0.6 is 11.3 Å². The standard InChI is InChI=1S/C13H12FN3S/c1-13(2,12-16-5-6-18-12)17-11-4-3-10(14)7-9(11)8-15/h3-7,17H,1-2H3. The molecule has 2 rings (SSSR count). The number of thiazole rings is 1. The van der Waals surface area contributed by atoms with Gasteiger partial charge in [-0.15, -0.1) is 11.3 Å². The minimum Gasteiger partial charge on any atom is -0.373 e. The van der Waals surface area contributed by atoms with Crippen LogP contribution in [0.1, 0.15) is 24.4 Å². The molecule has 5 heteroatoms. The maximum atomic E-state index is 13.1.